The number of hydrogen-bond acceptors (Lipinski definition) is 5. The summed E-state index contributed by atoms with van der Waals surface area (Å²) in [4.78, 5) is 13.7. The highest BCUT2D eigenvalue weighted by Crippen LogP contribution is 2.32. The average Bonchev–Trinajstić information content (AvgIpc) is 2.69. The Morgan fingerprint density at radius 3 is 2.00 bits per heavy atom. The third-order valence-electron chi connectivity index (χ3n) is 4.32. The summed E-state index contributed by atoms with van der Waals surface area (Å²) in [6.45, 7) is 5.43. The molecule has 6 heteroatoms. The van der Waals surface area contributed by atoms with Crippen molar-refractivity contribution in [3.63, 3.8) is 0 Å². The Hall–Kier alpha value is -3.67. The van der Waals surface area contributed by atoms with E-state index in [2.05, 4.69) is 0 Å². The van der Waals surface area contributed by atoms with Gasteiger partial charge < -0.3 is 20.3 Å². The Kier molecular flexibility index (Phi) is 5.87. The molecule has 156 valence electrons. The first-order valence-corrected chi connectivity index (χ1v) is 9.56. The van der Waals surface area contributed by atoms with Gasteiger partial charge in [-0.3, -0.25) is 4.90 Å². The summed E-state index contributed by atoms with van der Waals surface area (Å²) >= 11 is 0. The number of nitrogens with zero attached hydrogens (tertiary/aromatic N) is 1. The van der Waals surface area contributed by atoms with Crippen LogP contribution in [0.25, 0.3) is 11.1 Å². The normalized spacial score (nSPS) is 11.1. The number of rotatable bonds is 4. The van der Waals surface area contributed by atoms with Crippen molar-refractivity contribution >= 4 is 17.5 Å². The van der Waals surface area contributed by atoms with Gasteiger partial charge in [0.2, 0.25) is 0 Å². The highest BCUT2D eigenvalue weighted by atomic mass is 16.6. The molecule has 30 heavy (non-hydrogen) atoms. The molecule has 0 bridgehead atoms. The van der Waals surface area contributed by atoms with E-state index in [1.807, 2.05) is 57.2 Å². The van der Waals surface area contributed by atoms with Crippen LogP contribution in [0.4, 0.5) is 16.2 Å². The van der Waals surface area contributed by atoms with Crippen LogP contribution in [0.1, 0.15) is 20.8 Å². The van der Waals surface area contributed by atoms with Gasteiger partial charge in [0, 0.05) is 13.1 Å². The fourth-order valence-electron chi connectivity index (χ4n) is 2.81. The number of phenolic OH excluding ortho intramolecular Hbond substituents is 1. The number of carbonyl (C=O) groups excluding carboxylic acids is 1. The van der Waals surface area contributed by atoms with Crippen molar-refractivity contribution in [2.24, 2.45) is 0 Å². The predicted molar refractivity (Wildman–Crippen MR) is 119 cm³/mol. The molecule has 0 aliphatic rings. The second-order valence-electron chi connectivity index (χ2n) is 7.93. The van der Waals surface area contributed by atoms with E-state index < -0.39 is 11.7 Å². The van der Waals surface area contributed by atoms with E-state index in [-0.39, 0.29) is 5.75 Å². The van der Waals surface area contributed by atoms with E-state index in [1.165, 1.54) is 4.90 Å². The lowest BCUT2D eigenvalue weighted by Crippen LogP contribution is -2.34. The number of anilines is 2. The van der Waals surface area contributed by atoms with Gasteiger partial charge in [-0.15, -0.1) is 0 Å². The van der Waals surface area contributed by atoms with Crippen molar-refractivity contribution in [2.45, 2.75) is 26.4 Å². The van der Waals surface area contributed by atoms with Crippen molar-refractivity contribution < 1.29 is 19.4 Å². The first kappa shape index (κ1) is 21.0. The molecular formula is C24H26N2O4. The molecule has 0 saturated heterocycles. The third kappa shape index (κ3) is 5.23. The van der Waals surface area contributed by atoms with Crippen LogP contribution in [0.2, 0.25) is 0 Å². The van der Waals surface area contributed by atoms with Crippen molar-refractivity contribution in [3.05, 3.63) is 66.7 Å². The van der Waals surface area contributed by atoms with Crippen LogP contribution >= 0.6 is 0 Å². The second-order valence-corrected chi connectivity index (χ2v) is 7.93. The summed E-state index contributed by atoms with van der Waals surface area (Å²) in [5, 5.41) is 9.42. The highest BCUT2D eigenvalue weighted by Gasteiger charge is 2.22. The topological polar surface area (TPSA) is 85.0 Å². The highest BCUT2D eigenvalue weighted by molar-refractivity contribution is 5.91. The molecule has 3 aromatic carbocycles. The van der Waals surface area contributed by atoms with E-state index in [4.69, 9.17) is 15.2 Å². The Balaban J connectivity index is 1.76. The zero-order valence-electron chi connectivity index (χ0n) is 17.5. The number of amides is 1. The van der Waals surface area contributed by atoms with Gasteiger partial charge in [0.25, 0.3) is 0 Å². The van der Waals surface area contributed by atoms with Crippen LogP contribution in [-0.2, 0) is 4.74 Å². The SMILES string of the molecule is CN(C(=O)OC(C)(C)C)c1cc(Oc2ccc(-c3ccc(O)cc3)cc2)ccc1N. The monoisotopic (exact) mass is 406 g/mol. The molecule has 0 unspecified atom stereocenters. The molecular weight excluding hydrogens is 380 g/mol. The summed E-state index contributed by atoms with van der Waals surface area (Å²) in [5.41, 5.74) is 8.40. The molecule has 0 fully saturated rings. The number of carbonyl (C=O) groups is 1. The quantitative estimate of drug-likeness (QED) is 0.535. The number of ether oxygens (including phenoxy) is 2. The minimum absolute atomic E-state index is 0.231. The van der Waals surface area contributed by atoms with Gasteiger partial charge in [-0.2, -0.15) is 0 Å². The number of benzene rings is 3. The Morgan fingerprint density at radius 1 is 0.900 bits per heavy atom. The molecule has 0 spiro atoms. The van der Waals surface area contributed by atoms with Gasteiger partial charge in [0.1, 0.15) is 22.8 Å². The van der Waals surface area contributed by atoms with Crippen LogP contribution in [0.5, 0.6) is 17.2 Å². The van der Waals surface area contributed by atoms with E-state index in [0.29, 0.717) is 22.9 Å². The molecule has 0 heterocycles. The lowest BCUT2D eigenvalue weighted by molar-refractivity contribution is 0.0589. The second kappa shape index (κ2) is 8.37. The zero-order valence-corrected chi connectivity index (χ0v) is 17.5. The maximum Gasteiger partial charge on any atom is 0.414 e. The van der Waals surface area contributed by atoms with E-state index in [1.54, 1.807) is 37.4 Å². The lowest BCUT2D eigenvalue weighted by Gasteiger charge is -2.25. The summed E-state index contributed by atoms with van der Waals surface area (Å²) in [6.07, 6.45) is -0.496. The van der Waals surface area contributed by atoms with Crippen LogP contribution in [0.3, 0.4) is 0 Å². The van der Waals surface area contributed by atoms with E-state index >= 15 is 0 Å². The van der Waals surface area contributed by atoms with Crippen molar-refractivity contribution in [2.75, 3.05) is 17.7 Å². The zero-order chi connectivity index (χ0) is 21.9. The maximum atomic E-state index is 12.4. The maximum absolute atomic E-state index is 12.4. The number of nitrogens with two attached hydrogens (primary N) is 1. The standard InChI is InChI=1S/C24H26N2O4/c1-24(2,3)30-23(28)26(4)22-15-20(13-14-21(22)25)29-19-11-7-17(8-12-19)16-5-9-18(27)10-6-16/h5-15,27H,25H2,1-4H3. The van der Waals surface area contributed by atoms with Gasteiger partial charge >= 0.3 is 6.09 Å². The summed E-state index contributed by atoms with van der Waals surface area (Å²) in [7, 11) is 1.61. The van der Waals surface area contributed by atoms with E-state index in [0.717, 1.165) is 11.1 Å². The molecule has 3 rings (SSSR count). The molecule has 3 N–H and O–H groups in total. The first-order chi connectivity index (χ1) is 14.1. The minimum Gasteiger partial charge on any atom is -0.508 e. The molecule has 0 saturated carbocycles. The van der Waals surface area contributed by atoms with E-state index in [9.17, 15) is 9.90 Å². The Morgan fingerprint density at radius 2 is 1.43 bits per heavy atom. The van der Waals surface area contributed by atoms with Crippen LogP contribution in [-0.4, -0.2) is 23.8 Å². The molecule has 3 aromatic rings. The number of phenols is 1. The van der Waals surface area contributed by atoms with Crippen LogP contribution in [0.15, 0.2) is 66.7 Å². The summed E-state index contributed by atoms with van der Waals surface area (Å²) in [6, 6.07) is 19.7. The molecule has 0 aromatic heterocycles. The van der Waals surface area contributed by atoms with Crippen molar-refractivity contribution in [1.29, 1.82) is 0 Å². The summed E-state index contributed by atoms with van der Waals surface area (Å²) < 4.78 is 11.3. The third-order valence-corrected chi connectivity index (χ3v) is 4.32. The lowest BCUT2D eigenvalue weighted by atomic mass is 10.1. The largest absolute Gasteiger partial charge is 0.508 e. The molecule has 0 aliphatic carbocycles. The first-order valence-electron chi connectivity index (χ1n) is 9.56. The van der Waals surface area contributed by atoms with Gasteiger partial charge in [0.05, 0.1) is 11.4 Å². The van der Waals surface area contributed by atoms with Gasteiger partial charge in [0.15, 0.2) is 0 Å². The van der Waals surface area contributed by atoms with Crippen molar-refractivity contribution in [1.82, 2.24) is 0 Å². The molecule has 0 atom stereocenters. The van der Waals surface area contributed by atoms with Gasteiger partial charge in [-0.05, 0) is 68.3 Å². The van der Waals surface area contributed by atoms with Crippen LogP contribution in [0, 0.1) is 0 Å². The van der Waals surface area contributed by atoms with Gasteiger partial charge in [-0.1, -0.05) is 24.3 Å². The number of nitrogen functional groups attached to an aromatic ring is 1. The molecule has 1 amide bonds. The predicted octanol–water partition coefficient (Wildman–Crippen LogP) is 5.81. The average molecular weight is 406 g/mol. The Labute approximate surface area is 176 Å². The molecule has 0 aliphatic heterocycles. The molecule has 0 radical (unpaired) electrons. The Bertz CT molecular complexity index is 1020. The fraction of sp³-hybridized carbons (Fsp3) is 0.208. The fourth-order valence-corrected chi connectivity index (χ4v) is 2.81. The van der Waals surface area contributed by atoms with Gasteiger partial charge in [-0.25, -0.2) is 4.79 Å². The van der Waals surface area contributed by atoms with Crippen molar-refractivity contribution in [3.8, 4) is 28.4 Å². The number of hydrogen-bond donors (Lipinski definition) is 2. The molecule has 6 nitrogen and oxygen atoms in total. The summed E-state index contributed by atoms with van der Waals surface area (Å²) in [5.74, 6) is 1.43. The van der Waals surface area contributed by atoms with Crippen LogP contribution < -0.4 is 15.4 Å². The number of aromatic hydroxyl groups is 1. The minimum atomic E-state index is -0.604. The smallest absolute Gasteiger partial charge is 0.414 e.